The molecule has 0 amide bonds. The Labute approximate surface area is 230 Å². The molecule has 4 aliphatic carbocycles. The van der Waals surface area contributed by atoms with Gasteiger partial charge in [-0.1, -0.05) is 20.8 Å². The van der Waals surface area contributed by atoms with Gasteiger partial charge in [0.25, 0.3) is 0 Å². The van der Waals surface area contributed by atoms with Gasteiger partial charge in [-0.25, -0.2) is 0 Å². The van der Waals surface area contributed by atoms with Crippen molar-refractivity contribution in [2.75, 3.05) is 7.11 Å². The molecule has 6 nitrogen and oxygen atoms in total. The molecule has 0 aromatic heterocycles. The third kappa shape index (κ3) is 5.52. The first-order valence-corrected chi connectivity index (χ1v) is 15.2. The minimum absolute atomic E-state index is 0.0388. The second-order valence-electron chi connectivity index (χ2n) is 14.7. The Bertz CT molecular complexity index is 906. The van der Waals surface area contributed by atoms with E-state index in [0.717, 1.165) is 38.5 Å². The average Bonchev–Trinajstić information content (AvgIpc) is 3.18. The van der Waals surface area contributed by atoms with Crippen molar-refractivity contribution in [2.45, 2.75) is 124 Å². The van der Waals surface area contributed by atoms with E-state index in [1.54, 1.807) is 6.92 Å². The number of hydrogen-bond donors (Lipinski definition) is 0. The number of esters is 3. The van der Waals surface area contributed by atoms with Crippen LogP contribution in [-0.4, -0.2) is 36.7 Å². The number of fused-ring (bicyclic) bond motifs is 5. The van der Waals surface area contributed by atoms with Crippen LogP contribution >= 0.6 is 0 Å². The predicted octanol–water partition coefficient (Wildman–Crippen LogP) is 6.73. The number of rotatable bonds is 6. The molecule has 10 atom stereocenters. The lowest BCUT2D eigenvalue weighted by molar-refractivity contribution is -0.194. The summed E-state index contributed by atoms with van der Waals surface area (Å²) in [6.07, 6.45) is 9.59. The fourth-order valence-electron chi connectivity index (χ4n) is 9.83. The van der Waals surface area contributed by atoms with E-state index in [0.29, 0.717) is 41.9 Å². The first kappa shape index (κ1) is 29.4. The zero-order valence-electron chi connectivity index (χ0n) is 25.1. The molecular formula is C32H52O6. The smallest absolute Gasteiger partial charge is 0.308 e. The molecule has 4 fully saturated rings. The number of ether oxygens (including phenoxy) is 3. The molecular weight excluding hydrogens is 480 g/mol. The van der Waals surface area contributed by atoms with Crippen molar-refractivity contribution < 1.29 is 28.6 Å². The molecule has 0 aromatic rings. The number of carbonyl (C=O) groups excluding carboxylic acids is 3. The van der Waals surface area contributed by atoms with E-state index in [2.05, 4.69) is 20.8 Å². The Hall–Kier alpha value is -1.59. The van der Waals surface area contributed by atoms with Crippen molar-refractivity contribution in [3.05, 3.63) is 0 Å². The van der Waals surface area contributed by atoms with E-state index >= 15 is 0 Å². The fourth-order valence-corrected chi connectivity index (χ4v) is 9.83. The van der Waals surface area contributed by atoms with Crippen molar-refractivity contribution in [3.63, 3.8) is 0 Å². The lowest BCUT2D eigenvalue weighted by Crippen LogP contribution is -2.59. The van der Waals surface area contributed by atoms with Gasteiger partial charge in [-0.2, -0.15) is 0 Å². The van der Waals surface area contributed by atoms with Crippen LogP contribution in [0, 0.1) is 52.3 Å². The summed E-state index contributed by atoms with van der Waals surface area (Å²) in [6, 6.07) is 0. The summed E-state index contributed by atoms with van der Waals surface area (Å²) in [5.41, 5.74) is -0.0767. The van der Waals surface area contributed by atoms with Gasteiger partial charge >= 0.3 is 17.9 Å². The monoisotopic (exact) mass is 532 g/mol. The van der Waals surface area contributed by atoms with Gasteiger partial charge in [0.05, 0.1) is 13.0 Å². The van der Waals surface area contributed by atoms with Crippen LogP contribution in [-0.2, 0) is 28.6 Å². The van der Waals surface area contributed by atoms with Crippen LogP contribution in [0.3, 0.4) is 0 Å². The minimum atomic E-state index is -0.445. The highest BCUT2D eigenvalue weighted by molar-refractivity contribution is 5.72. The average molecular weight is 533 g/mol. The summed E-state index contributed by atoms with van der Waals surface area (Å²) < 4.78 is 16.8. The summed E-state index contributed by atoms with van der Waals surface area (Å²) in [5, 5.41) is 0. The van der Waals surface area contributed by atoms with E-state index in [1.807, 2.05) is 20.8 Å². The van der Waals surface area contributed by atoms with Crippen LogP contribution in [0.15, 0.2) is 0 Å². The Morgan fingerprint density at radius 2 is 1.61 bits per heavy atom. The number of hydrogen-bond acceptors (Lipinski definition) is 6. The SMILES string of the molecule is COC(=O)C1CC[C@@]2(C)C(C1)CC(OC(C)=O)C1C3CCC(C(C)CCC(=O)OC(C)(C)C)[C@@]3(C)CCC12. The van der Waals surface area contributed by atoms with Gasteiger partial charge in [-0.15, -0.1) is 0 Å². The lowest BCUT2D eigenvalue weighted by atomic mass is 9.43. The zero-order valence-corrected chi connectivity index (χ0v) is 25.1. The molecule has 0 heterocycles. The molecule has 0 spiro atoms. The third-order valence-corrected chi connectivity index (χ3v) is 11.5. The van der Waals surface area contributed by atoms with Crippen molar-refractivity contribution in [1.29, 1.82) is 0 Å². The van der Waals surface area contributed by atoms with Crippen LogP contribution in [0.1, 0.15) is 113 Å². The molecule has 0 radical (unpaired) electrons. The molecule has 0 aromatic carbocycles. The van der Waals surface area contributed by atoms with E-state index in [-0.39, 0.29) is 40.8 Å². The Morgan fingerprint density at radius 3 is 2.24 bits per heavy atom. The number of methoxy groups -OCH3 is 1. The van der Waals surface area contributed by atoms with Gasteiger partial charge in [-0.05, 0) is 119 Å². The van der Waals surface area contributed by atoms with E-state index in [1.165, 1.54) is 26.4 Å². The first-order valence-electron chi connectivity index (χ1n) is 15.2. The summed E-state index contributed by atoms with van der Waals surface area (Å²) >= 11 is 0. The molecule has 8 unspecified atom stereocenters. The largest absolute Gasteiger partial charge is 0.469 e. The summed E-state index contributed by atoms with van der Waals surface area (Å²) in [4.78, 5) is 37.1. The van der Waals surface area contributed by atoms with Gasteiger partial charge < -0.3 is 14.2 Å². The normalized spacial score (nSPS) is 41.2. The highest BCUT2D eigenvalue weighted by Crippen LogP contribution is 2.69. The standard InChI is InChI=1S/C32H52O6/c1-19(9-12-27(34)38-30(3,4)5)23-10-11-24-28-25(14-16-32(23,24)7)31(6)15-13-21(29(35)36-8)17-22(31)18-26(28)37-20(2)33/h19,21-26,28H,9-18H2,1-8H3/t19?,21?,22?,23?,24?,25?,26?,28?,31-,32+/m0/s1. The lowest BCUT2D eigenvalue weighted by Gasteiger charge is -2.62. The summed E-state index contributed by atoms with van der Waals surface area (Å²) in [5.74, 6) is 2.38. The molecule has 0 saturated heterocycles. The van der Waals surface area contributed by atoms with Gasteiger partial charge in [0.2, 0.25) is 0 Å². The molecule has 216 valence electrons. The molecule has 4 saturated carbocycles. The topological polar surface area (TPSA) is 78.9 Å². The second kappa shape index (κ2) is 10.8. The van der Waals surface area contributed by atoms with Crippen LogP contribution in [0.5, 0.6) is 0 Å². The number of carbonyl (C=O) groups is 3. The molecule has 4 rings (SSSR count). The quantitative estimate of drug-likeness (QED) is 0.279. The third-order valence-electron chi connectivity index (χ3n) is 11.5. The predicted molar refractivity (Wildman–Crippen MR) is 146 cm³/mol. The maximum atomic E-state index is 12.4. The molecule has 0 aliphatic heterocycles. The Balaban J connectivity index is 1.53. The van der Waals surface area contributed by atoms with Crippen molar-refractivity contribution >= 4 is 17.9 Å². The van der Waals surface area contributed by atoms with E-state index in [4.69, 9.17) is 14.2 Å². The highest BCUT2D eigenvalue weighted by Gasteiger charge is 2.64. The fraction of sp³-hybridized carbons (Fsp3) is 0.906. The van der Waals surface area contributed by atoms with Gasteiger partial charge in [-0.3, -0.25) is 14.4 Å². The first-order chi connectivity index (χ1) is 17.7. The molecule has 4 aliphatic rings. The van der Waals surface area contributed by atoms with Crippen LogP contribution in [0.2, 0.25) is 0 Å². The minimum Gasteiger partial charge on any atom is -0.469 e. The van der Waals surface area contributed by atoms with Crippen LogP contribution in [0.4, 0.5) is 0 Å². The van der Waals surface area contributed by atoms with Gasteiger partial charge in [0.15, 0.2) is 0 Å². The van der Waals surface area contributed by atoms with Crippen molar-refractivity contribution in [3.8, 4) is 0 Å². The maximum absolute atomic E-state index is 12.4. The van der Waals surface area contributed by atoms with Crippen LogP contribution < -0.4 is 0 Å². The van der Waals surface area contributed by atoms with Gasteiger partial charge in [0, 0.05) is 19.3 Å². The van der Waals surface area contributed by atoms with Crippen molar-refractivity contribution in [2.24, 2.45) is 52.3 Å². The zero-order chi connectivity index (χ0) is 28.0. The molecule has 38 heavy (non-hydrogen) atoms. The van der Waals surface area contributed by atoms with E-state index in [9.17, 15) is 14.4 Å². The maximum Gasteiger partial charge on any atom is 0.308 e. The van der Waals surface area contributed by atoms with Crippen LogP contribution in [0.25, 0.3) is 0 Å². The van der Waals surface area contributed by atoms with Gasteiger partial charge in [0.1, 0.15) is 11.7 Å². The molecule has 0 bridgehead atoms. The summed E-state index contributed by atoms with van der Waals surface area (Å²) in [6.45, 7) is 14.6. The Kier molecular flexibility index (Phi) is 8.33. The Morgan fingerprint density at radius 1 is 0.947 bits per heavy atom. The van der Waals surface area contributed by atoms with Crippen molar-refractivity contribution in [1.82, 2.24) is 0 Å². The molecule has 6 heteroatoms. The summed E-state index contributed by atoms with van der Waals surface area (Å²) in [7, 11) is 1.49. The second-order valence-corrected chi connectivity index (χ2v) is 14.7. The highest BCUT2D eigenvalue weighted by atomic mass is 16.6. The molecule has 0 N–H and O–H groups in total. The van der Waals surface area contributed by atoms with E-state index < -0.39 is 5.60 Å².